The summed E-state index contributed by atoms with van der Waals surface area (Å²) < 4.78 is 0. The van der Waals surface area contributed by atoms with E-state index in [1.807, 2.05) is 0 Å². The van der Waals surface area contributed by atoms with E-state index in [1.54, 1.807) is 0 Å². The molecule has 0 radical (unpaired) electrons. The zero-order chi connectivity index (χ0) is 12.3. The van der Waals surface area contributed by atoms with Crippen LogP contribution in [0.5, 0.6) is 0 Å². The first-order valence-electron chi connectivity index (χ1n) is 7.22. The largest absolute Gasteiger partial charge is 0.316 e. The molecule has 0 aromatic carbocycles. The Labute approximate surface area is 111 Å². The fourth-order valence-corrected chi connectivity index (χ4v) is 4.85. The minimum Gasteiger partial charge on any atom is -0.316 e. The summed E-state index contributed by atoms with van der Waals surface area (Å²) >= 11 is 2.16. The predicted octanol–water partition coefficient (Wildman–Crippen LogP) is 2.59. The Balaban J connectivity index is 1.93. The lowest BCUT2D eigenvalue weighted by Gasteiger charge is -2.44. The molecule has 2 nitrogen and oxygen atoms in total. The molecule has 0 spiro atoms. The summed E-state index contributed by atoms with van der Waals surface area (Å²) in [5.74, 6) is 0. The average molecular weight is 256 g/mol. The van der Waals surface area contributed by atoms with Gasteiger partial charge in [-0.1, -0.05) is 20.8 Å². The van der Waals surface area contributed by atoms with Crippen LogP contribution in [-0.4, -0.2) is 48.1 Å². The third kappa shape index (κ3) is 3.62. The van der Waals surface area contributed by atoms with Crippen molar-refractivity contribution in [3.05, 3.63) is 0 Å². The molecule has 3 unspecified atom stereocenters. The molecule has 3 atom stereocenters. The molecule has 0 bridgehead atoms. The maximum atomic E-state index is 3.61. The van der Waals surface area contributed by atoms with Gasteiger partial charge in [-0.3, -0.25) is 0 Å². The Bertz CT molecular complexity index is 228. The SMILES string of the molecule is CCC1(CN2CC(C)SC(C)C2)CCCNC1. The minimum atomic E-state index is 0.555. The monoisotopic (exact) mass is 256 g/mol. The summed E-state index contributed by atoms with van der Waals surface area (Å²) in [4.78, 5) is 2.72. The molecular weight excluding hydrogens is 228 g/mol. The Morgan fingerprint density at radius 1 is 1.29 bits per heavy atom. The van der Waals surface area contributed by atoms with Gasteiger partial charge >= 0.3 is 0 Å². The van der Waals surface area contributed by atoms with Gasteiger partial charge in [-0.2, -0.15) is 11.8 Å². The van der Waals surface area contributed by atoms with E-state index < -0.39 is 0 Å². The summed E-state index contributed by atoms with van der Waals surface area (Å²) in [7, 11) is 0. The van der Waals surface area contributed by atoms with Crippen molar-refractivity contribution in [2.75, 3.05) is 32.7 Å². The van der Waals surface area contributed by atoms with E-state index in [2.05, 4.69) is 42.7 Å². The molecule has 1 N–H and O–H groups in total. The summed E-state index contributed by atoms with van der Waals surface area (Å²) in [5, 5.41) is 5.23. The third-order valence-corrected chi connectivity index (χ3v) is 5.59. The molecule has 0 amide bonds. The number of hydrogen-bond donors (Lipinski definition) is 1. The Hall–Kier alpha value is 0.270. The average Bonchev–Trinajstić information content (AvgIpc) is 2.29. The Kier molecular flexibility index (Phi) is 4.79. The molecule has 0 saturated carbocycles. The minimum absolute atomic E-state index is 0.555. The van der Waals surface area contributed by atoms with Crippen LogP contribution in [-0.2, 0) is 0 Å². The van der Waals surface area contributed by atoms with Crippen molar-refractivity contribution in [2.45, 2.75) is 50.5 Å². The first-order valence-corrected chi connectivity index (χ1v) is 8.16. The van der Waals surface area contributed by atoms with Gasteiger partial charge in [0.25, 0.3) is 0 Å². The van der Waals surface area contributed by atoms with Gasteiger partial charge in [-0.05, 0) is 31.2 Å². The fraction of sp³-hybridized carbons (Fsp3) is 1.00. The van der Waals surface area contributed by atoms with Gasteiger partial charge < -0.3 is 10.2 Å². The van der Waals surface area contributed by atoms with Gasteiger partial charge in [-0.25, -0.2) is 0 Å². The number of thioether (sulfide) groups is 1. The third-order valence-electron chi connectivity index (χ3n) is 4.36. The fourth-order valence-electron chi connectivity index (χ4n) is 3.47. The van der Waals surface area contributed by atoms with Crippen molar-refractivity contribution >= 4 is 11.8 Å². The van der Waals surface area contributed by atoms with E-state index >= 15 is 0 Å². The first kappa shape index (κ1) is 13.7. The molecule has 3 heteroatoms. The summed E-state index contributed by atoms with van der Waals surface area (Å²) in [5.41, 5.74) is 0.555. The zero-order valence-corrected chi connectivity index (χ0v) is 12.5. The van der Waals surface area contributed by atoms with E-state index in [4.69, 9.17) is 0 Å². The van der Waals surface area contributed by atoms with Gasteiger partial charge in [0.1, 0.15) is 0 Å². The topological polar surface area (TPSA) is 15.3 Å². The van der Waals surface area contributed by atoms with E-state index in [9.17, 15) is 0 Å². The number of nitrogens with one attached hydrogen (secondary N) is 1. The van der Waals surface area contributed by atoms with Crippen molar-refractivity contribution in [2.24, 2.45) is 5.41 Å². The number of hydrogen-bond acceptors (Lipinski definition) is 3. The predicted molar refractivity (Wildman–Crippen MR) is 77.8 cm³/mol. The lowest BCUT2D eigenvalue weighted by atomic mass is 9.78. The molecule has 0 aromatic rings. The molecule has 100 valence electrons. The van der Waals surface area contributed by atoms with Gasteiger partial charge in [-0.15, -0.1) is 0 Å². The van der Waals surface area contributed by atoms with Crippen LogP contribution in [0, 0.1) is 5.41 Å². The summed E-state index contributed by atoms with van der Waals surface area (Å²) in [6.45, 7) is 13.5. The van der Waals surface area contributed by atoms with E-state index in [0.29, 0.717) is 5.41 Å². The van der Waals surface area contributed by atoms with Crippen molar-refractivity contribution < 1.29 is 0 Å². The van der Waals surface area contributed by atoms with Crippen LogP contribution in [0.15, 0.2) is 0 Å². The molecule has 2 saturated heterocycles. The second-order valence-electron chi connectivity index (χ2n) is 6.09. The maximum absolute atomic E-state index is 3.61. The quantitative estimate of drug-likeness (QED) is 0.835. The second kappa shape index (κ2) is 5.94. The van der Waals surface area contributed by atoms with Crippen molar-refractivity contribution in [3.63, 3.8) is 0 Å². The molecule has 2 aliphatic heterocycles. The van der Waals surface area contributed by atoms with Gasteiger partial charge in [0, 0.05) is 36.7 Å². The normalized spacial score (nSPS) is 40.4. The number of rotatable bonds is 3. The Morgan fingerprint density at radius 2 is 2.00 bits per heavy atom. The highest BCUT2D eigenvalue weighted by Crippen LogP contribution is 2.33. The number of nitrogens with zero attached hydrogens (tertiary/aromatic N) is 1. The molecule has 2 aliphatic rings. The molecule has 0 aliphatic carbocycles. The van der Waals surface area contributed by atoms with E-state index in [-0.39, 0.29) is 0 Å². The molecular formula is C14H28N2S. The van der Waals surface area contributed by atoms with Gasteiger partial charge in [0.15, 0.2) is 0 Å². The van der Waals surface area contributed by atoms with Crippen molar-refractivity contribution in [3.8, 4) is 0 Å². The Morgan fingerprint density at radius 3 is 2.53 bits per heavy atom. The van der Waals surface area contributed by atoms with Crippen molar-refractivity contribution in [1.82, 2.24) is 10.2 Å². The molecule has 2 fully saturated rings. The highest BCUT2D eigenvalue weighted by atomic mass is 32.2. The van der Waals surface area contributed by atoms with Crippen LogP contribution in [0.1, 0.15) is 40.0 Å². The van der Waals surface area contributed by atoms with Crippen LogP contribution >= 0.6 is 11.8 Å². The second-order valence-corrected chi connectivity index (χ2v) is 7.97. The summed E-state index contributed by atoms with van der Waals surface area (Å²) in [6.07, 6.45) is 4.11. The van der Waals surface area contributed by atoms with Gasteiger partial charge in [0.2, 0.25) is 0 Å². The lowest BCUT2D eigenvalue weighted by molar-refractivity contribution is 0.110. The van der Waals surface area contributed by atoms with Crippen LogP contribution < -0.4 is 5.32 Å². The van der Waals surface area contributed by atoms with Crippen LogP contribution in [0.25, 0.3) is 0 Å². The van der Waals surface area contributed by atoms with E-state index in [0.717, 1.165) is 10.5 Å². The standard InChI is InChI=1S/C14H28N2S/c1-4-14(6-5-7-15-10-14)11-16-8-12(2)17-13(3)9-16/h12-13,15H,4-11H2,1-3H3. The molecule has 0 aromatic heterocycles. The molecule has 17 heavy (non-hydrogen) atoms. The van der Waals surface area contributed by atoms with Gasteiger partial charge in [0.05, 0.1) is 0 Å². The number of piperidine rings is 1. The van der Waals surface area contributed by atoms with Crippen LogP contribution in [0.2, 0.25) is 0 Å². The highest BCUT2D eigenvalue weighted by molar-refractivity contribution is 8.00. The van der Waals surface area contributed by atoms with Crippen molar-refractivity contribution in [1.29, 1.82) is 0 Å². The first-order chi connectivity index (χ1) is 8.13. The lowest BCUT2D eigenvalue weighted by Crippen LogP contribution is -2.51. The summed E-state index contributed by atoms with van der Waals surface area (Å²) in [6, 6.07) is 0. The molecule has 2 rings (SSSR count). The van der Waals surface area contributed by atoms with E-state index in [1.165, 1.54) is 52.0 Å². The highest BCUT2D eigenvalue weighted by Gasteiger charge is 2.34. The smallest absolute Gasteiger partial charge is 0.0149 e. The maximum Gasteiger partial charge on any atom is 0.0149 e. The van der Waals surface area contributed by atoms with Crippen LogP contribution in [0.3, 0.4) is 0 Å². The zero-order valence-electron chi connectivity index (χ0n) is 11.7. The van der Waals surface area contributed by atoms with Crippen LogP contribution in [0.4, 0.5) is 0 Å². The molecule has 2 heterocycles.